The van der Waals surface area contributed by atoms with Crippen LogP contribution in [-0.4, -0.2) is 31.4 Å². The van der Waals surface area contributed by atoms with Crippen LogP contribution in [0.2, 0.25) is 5.02 Å². The van der Waals surface area contributed by atoms with Crippen molar-refractivity contribution in [2.45, 2.75) is 32.7 Å². The van der Waals surface area contributed by atoms with Gasteiger partial charge in [0.05, 0.1) is 24.0 Å². The lowest BCUT2D eigenvalue weighted by molar-refractivity contribution is -0.116. The van der Waals surface area contributed by atoms with Gasteiger partial charge in [0.1, 0.15) is 16.9 Å². The number of benzene rings is 1. The number of nitrogens with one attached hydrogen (secondary N) is 1. The van der Waals surface area contributed by atoms with E-state index in [1.165, 1.54) is 4.88 Å². The molecule has 0 spiro atoms. The molecule has 0 radical (unpaired) electrons. The summed E-state index contributed by atoms with van der Waals surface area (Å²) in [5.74, 6) is 1.25. The van der Waals surface area contributed by atoms with Gasteiger partial charge in [0.25, 0.3) is 0 Å². The zero-order chi connectivity index (χ0) is 22.9. The Bertz CT molecular complexity index is 1340. The van der Waals surface area contributed by atoms with Crippen molar-refractivity contribution in [3.8, 4) is 5.00 Å². The number of anilines is 1. The number of fused-ring (bicyclic) bond motifs is 3. The topological polar surface area (TPSA) is 85.1 Å². The monoisotopic (exact) mass is 476 g/mol. The highest BCUT2D eigenvalue weighted by Gasteiger charge is 2.31. The molecule has 0 bridgehead atoms. The number of pyridine rings is 1. The number of carbonyl (C=O) groups is 1. The fourth-order valence-electron chi connectivity index (χ4n) is 3.87. The Labute approximate surface area is 200 Å². The predicted molar refractivity (Wildman–Crippen MR) is 131 cm³/mol. The minimum Gasteiger partial charge on any atom is -0.325 e. The van der Waals surface area contributed by atoms with Crippen molar-refractivity contribution in [1.82, 2.24) is 19.7 Å². The van der Waals surface area contributed by atoms with E-state index >= 15 is 0 Å². The molecule has 0 aliphatic carbocycles. The van der Waals surface area contributed by atoms with Crippen LogP contribution in [0, 0.1) is 6.92 Å². The molecule has 3 aromatic heterocycles. The Balaban J connectivity index is 1.61. The van der Waals surface area contributed by atoms with Gasteiger partial charge in [-0.3, -0.25) is 19.3 Å². The number of amides is 1. The largest absolute Gasteiger partial charge is 0.325 e. The van der Waals surface area contributed by atoms with Gasteiger partial charge in [0.2, 0.25) is 5.91 Å². The van der Waals surface area contributed by atoms with Crippen LogP contribution in [0.4, 0.5) is 5.69 Å². The van der Waals surface area contributed by atoms with Crippen LogP contribution in [0.3, 0.4) is 0 Å². The molecule has 33 heavy (non-hydrogen) atoms. The van der Waals surface area contributed by atoms with Crippen LogP contribution < -0.4 is 5.32 Å². The number of aromatic nitrogens is 4. The summed E-state index contributed by atoms with van der Waals surface area (Å²) in [6.45, 7) is 4.06. The quantitative estimate of drug-likeness (QED) is 0.430. The van der Waals surface area contributed by atoms with Crippen LogP contribution in [0.5, 0.6) is 0 Å². The van der Waals surface area contributed by atoms with Gasteiger partial charge < -0.3 is 5.32 Å². The molecule has 1 aliphatic rings. The van der Waals surface area contributed by atoms with Gasteiger partial charge in [-0.2, -0.15) is 0 Å². The third-order valence-corrected chi connectivity index (χ3v) is 6.96. The van der Waals surface area contributed by atoms with Gasteiger partial charge in [-0.05, 0) is 43.7 Å². The Morgan fingerprint density at radius 2 is 2.03 bits per heavy atom. The first-order chi connectivity index (χ1) is 16.0. The number of nitrogens with zero attached hydrogens (tertiary/aromatic N) is 5. The zero-order valence-electron chi connectivity index (χ0n) is 18.1. The van der Waals surface area contributed by atoms with Gasteiger partial charge in [-0.1, -0.05) is 30.7 Å². The maximum atomic E-state index is 12.9. The number of rotatable bonds is 5. The average Bonchev–Trinajstić information content (AvgIpc) is 3.38. The van der Waals surface area contributed by atoms with Crippen LogP contribution in [0.15, 0.2) is 59.9 Å². The van der Waals surface area contributed by atoms with Crippen LogP contribution in [-0.2, 0) is 11.2 Å². The summed E-state index contributed by atoms with van der Waals surface area (Å²) >= 11 is 7.84. The maximum Gasteiger partial charge on any atom is 0.227 e. The summed E-state index contributed by atoms with van der Waals surface area (Å²) in [5.41, 5.74) is 3.41. The van der Waals surface area contributed by atoms with Gasteiger partial charge in [0, 0.05) is 27.2 Å². The van der Waals surface area contributed by atoms with E-state index in [2.05, 4.69) is 33.5 Å². The van der Waals surface area contributed by atoms with E-state index in [1.54, 1.807) is 35.9 Å². The Hall–Kier alpha value is -3.36. The van der Waals surface area contributed by atoms with Crippen LogP contribution >= 0.6 is 22.9 Å². The van der Waals surface area contributed by atoms with E-state index in [0.717, 1.165) is 34.1 Å². The Morgan fingerprint density at radius 1 is 1.21 bits per heavy atom. The first-order valence-corrected chi connectivity index (χ1v) is 11.8. The van der Waals surface area contributed by atoms with E-state index in [-0.39, 0.29) is 12.3 Å². The summed E-state index contributed by atoms with van der Waals surface area (Å²) in [7, 11) is 0. The molecule has 166 valence electrons. The second kappa shape index (κ2) is 8.88. The fourth-order valence-corrected chi connectivity index (χ4v) is 5.15. The van der Waals surface area contributed by atoms with Crippen LogP contribution in [0.1, 0.15) is 47.0 Å². The fraction of sp³-hybridized carbons (Fsp3) is 0.208. The molecule has 0 saturated carbocycles. The lowest BCUT2D eigenvalue weighted by Gasteiger charge is -2.13. The third-order valence-electron chi connectivity index (χ3n) is 5.44. The lowest BCUT2D eigenvalue weighted by atomic mass is 10.0. The molecule has 0 saturated heterocycles. The van der Waals surface area contributed by atoms with Gasteiger partial charge in [-0.15, -0.1) is 21.5 Å². The molecule has 1 atom stereocenters. The molecule has 1 amide bonds. The van der Waals surface area contributed by atoms with Gasteiger partial charge >= 0.3 is 0 Å². The predicted octanol–water partition coefficient (Wildman–Crippen LogP) is 5.17. The molecule has 9 heteroatoms. The maximum absolute atomic E-state index is 12.9. The van der Waals surface area contributed by atoms with Crippen molar-refractivity contribution in [2.75, 3.05) is 5.32 Å². The first kappa shape index (κ1) is 21.5. The summed E-state index contributed by atoms with van der Waals surface area (Å²) < 4.78 is 2.04. The minimum atomic E-state index is -0.502. The normalized spacial score (nSPS) is 14.8. The molecule has 7 nitrogen and oxygen atoms in total. The minimum absolute atomic E-state index is 0.125. The average molecular weight is 477 g/mol. The number of carbonyl (C=O) groups excluding carboxylic acids is 1. The van der Waals surface area contributed by atoms with Crippen molar-refractivity contribution in [3.05, 3.63) is 87.5 Å². The second-order valence-electron chi connectivity index (χ2n) is 7.72. The first-order valence-electron chi connectivity index (χ1n) is 10.6. The van der Waals surface area contributed by atoms with E-state index in [0.29, 0.717) is 16.5 Å². The van der Waals surface area contributed by atoms with Crippen molar-refractivity contribution in [3.63, 3.8) is 0 Å². The lowest BCUT2D eigenvalue weighted by Crippen LogP contribution is -2.17. The summed E-state index contributed by atoms with van der Waals surface area (Å²) in [6.07, 6.45) is 4.32. The van der Waals surface area contributed by atoms with Gasteiger partial charge in [0.15, 0.2) is 5.82 Å². The zero-order valence-corrected chi connectivity index (χ0v) is 19.7. The highest BCUT2D eigenvalue weighted by atomic mass is 35.5. The summed E-state index contributed by atoms with van der Waals surface area (Å²) in [6, 6.07) is 12.9. The van der Waals surface area contributed by atoms with E-state index in [9.17, 15) is 4.79 Å². The van der Waals surface area contributed by atoms with Crippen molar-refractivity contribution >= 4 is 40.2 Å². The van der Waals surface area contributed by atoms with Gasteiger partial charge in [-0.25, -0.2) is 0 Å². The SMILES string of the molecule is CCc1cc2c(s1)-n1c(C)nnc1C(CC(=O)Nc1cccnc1)N=C2c1ccc(Cl)cc1. The molecule has 0 fully saturated rings. The molecule has 1 unspecified atom stereocenters. The van der Waals surface area contributed by atoms with E-state index in [4.69, 9.17) is 16.6 Å². The highest BCUT2D eigenvalue weighted by Crippen LogP contribution is 2.37. The molecule has 4 heterocycles. The summed E-state index contributed by atoms with van der Waals surface area (Å²) in [4.78, 5) is 23.3. The highest BCUT2D eigenvalue weighted by molar-refractivity contribution is 7.15. The third kappa shape index (κ3) is 4.19. The standard InChI is InChI=1S/C24H21ClN6OS/c1-3-18-11-19-22(15-6-8-16(25)9-7-15)28-20(12-21(32)27-17-5-4-10-26-13-17)23-30-29-14(2)31(23)24(19)33-18/h4-11,13,20H,3,12H2,1-2H3,(H,27,32). The Kier molecular flexibility index (Phi) is 5.78. The Morgan fingerprint density at radius 3 is 2.76 bits per heavy atom. The number of aliphatic imine (C=N–C) groups is 1. The molecular formula is C24H21ClN6OS. The molecule has 1 N–H and O–H groups in total. The van der Waals surface area contributed by atoms with Crippen molar-refractivity contribution < 1.29 is 4.79 Å². The molecule has 1 aromatic carbocycles. The molecular weight excluding hydrogens is 456 g/mol. The number of aryl methyl sites for hydroxylation is 2. The van der Waals surface area contributed by atoms with Crippen molar-refractivity contribution in [2.24, 2.45) is 4.99 Å². The van der Waals surface area contributed by atoms with Crippen molar-refractivity contribution in [1.29, 1.82) is 0 Å². The smallest absolute Gasteiger partial charge is 0.227 e. The second-order valence-corrected chi connectivity index (χ2v) is 9.27. The molecule has 1 aliphatic heterocycles. The van der Waals surface area contributed by atoms with Crippen LogP contribution in [0.25, 0.3) is 5.00 Å². The number of thiophene rings is 1. The summed E-state index contributed by atoms with van der Waals surface area (Å²) in [5, 5.41) is 13.3. The van der Waals surface area contributed by atoms with E-state index < -0.39 is 6.04 Å². The number of hydrogen-bond acceptors (Lipinski definition) is 6. The number of hydrogen-bond donors (Lipinski definition) is 1. The molecule has 4 aromatic rings. The molecule has 5 rings (SSSR count). The van der Waals surface area contributed by atoms with E-state index in [1.807, 2.05) is 35.8 Å². The number of halogens is 1.